The molecule has 7 heteroatoms. The highest BCUT2D eigenvalue weighted by molar-refractivity contribution is 7.80. The number of ether oxygens (including phenoxy) is 4. The van der Waals surface area contributed by atoms with Gasteiger partial charge in [-0.3, -0.25) is 0 Å². The molecule has 1 heterocycles. The molecule has 0 radical (unpaired) electrons. The van der Waals surface area contributed by atoms with E-state index < -0.39 is 0 Å². The van der Waals surface area contributed by atoms with Crippen LogP contribution in [0.5, 0.6) is 17.2 Å². The van der Waals surface area contributed by atoms with Crippen molar-refractivity contribution in [2.45, 2.75) is 18.9 Å². The molecule has 122 valence electrons. The molecule has 6 nitrogen and oxygen atoms in total. The maximum absolute atomic E-state index is 5.55. The lowest BCUT2D eigenvalue weighted by atomic mass is 10.2. The lowest BCUT2D eigenvalue weighted by Gasteiger charge is -2.17. The van der Waals surface area contributed by atoms with Gasteiger partial charge in [0.1, 0.15) is 0 Å². The Hall–Kier alpha value is -1.73. The molecule has 1 saturated heterocycles. The molecule has 0 bridgehead atoms. The van der Waals surface area contributed by atoms with Crippen LogP contribution in [0.4, 0.5) is 5.69 Å². The predicted molar refractivity (Wildman–Crippen MR) is 89.3 cm³/mol. The Morgan fingerprint density at radius 3 is 2.41 bits per heavy atom. The summed E-state index contributed by atoms with van der Waals surface area (Å²) in [5, 5.41) is 6.81. The van der Waals surface area contributed by atoms with E-state index >= 15 is 0 Å². The molecule has 1 aliphatic rings. The fourth-order valence-corrected chi connectivity index (χ4v) is 2.54. The van der Waals surface area contributed by atoms with Crippen molar-refractivity contribution >= 4 is 23.0 Å². The Labute approximate surface area is 136 Å². The Kier molecular flexibility index (Phi) is 6.09. The third-order valence-electron chi connectivity index (χ3n) is 3.44. The van der Waals surface area contributed by atoms with Gasteiger partial charge in [-0.2, -0.15) is 0 Å². The van der Waals surface area contributed by atoms with Crippen LogP contribution in [0.25, 0.3) is 0 Å². The first-order valence-corrected chi connectivity index (χ1v) is 7.55. The van der Waals surface area contributed by atoms with Crippen molar-refractivity contribution in [1.82, 2.24) is 5.32 Å². The van der Waals surface area contributed by atoms with Crippen molar-refractivity contribution < 1.29 is 18.9 Å². The monoisotopic (exact) mass is 326 g/mol. The summed E-state index contributed by atoms with van der Waals surface area (Å²) in [6.07, 6.45) is 2.42. The second kappa shape index (κ2) is 8.05. The maximum Gasteiger partial charge on any atom is 0.203 e. The second-order valence-electron chi connectivity index (χ2n) is 4.88. The summed E-state index contributed by atoms with van der Waals surface area (Å²) in [4.78, 5) is 0. The molecule has 1 aromatic rings. The highest BCUT2D eigenvalue weighted by atomic mass is 32.1. The molecule has 1 atom stereocenters. The van der Waals surface area contributed by atoms with E-state index in [1.807, 2.05) is 0 Å². The first-order chi connectivity index (χ1) is 10.7. The lowest BCUT2D eigenvalue weighted by Crippen LogP contribution is -2.34. The van der Waals surface area contributed by atoms with Crippen LogP contribution < -0.4 is 24.8 Å². The number of hydrogen-bond acceptors (Lipinski definition) is 5. The SMILES string of the molecule is COc1cc(NC(=S)NC[C@H]2CCCO2)cc(OC)c1OC. The van der Waals surface area contributed by atoms with Crippen molar-refractivity contribution in [2.75, 3.05) is 39.8 Å². The van der Waals surface area contributed by atoms with Gasteiger partial charge in [0.05, 0.1) is 27.4 Å². The highest BCUT2D eigenvalue weighted by Gasteiger charge is 2.16. The standard InChI is InChI=1S/C15H22N2O4S/c1-18-12-7-10(8-13(19-2)14(12)20-3)17-15(22)16-9-11-5-4-6-21-11/h7-8,11H,4-6,9H2,1-3H3,(H2,16,17,22)/t11-/m1/s1. The highest BCUT2D eigenvalue weighted by Crippen LogP contribution is 2.39. The van der Waals surface area contributed by atoms with Crippen LogP contribution >= 0.6 is 12.2 Å². The largest absolute Gasteiger partial charge is 0.493 e. The Balaban J connectivity index is 2.00. The van der Waals surface area contributed by atoms with E-state index in [1.54, 1.807) is 33.5 Å². The van der Waals surface area contributed by atoms with Crippen LogP contribution in [0.2, 0.25) is 0 Å². The van der Waals surface area contributed by atoms with E-state index in [-0.39, 0.29) is 6.10 Å². The zero-order valence-electron chi connectivity index (χ0n) is 13.1. The molecule has 1 aliphatic heterocycles. The summed E-state index contributed by atoms with van der Waals surface area (Å²) >= 11 is 5.30. The minimum Gasteiger partial charge on any atom is -0.493 e. The van der Waals surface area contributed by atoms with Crippen LogP contribution in [0.15, 0.2) is 12.1 Å². The topological polar surface area (TPSA) is 61.0 Å². The van der Waals surface area contributed by atoms with Crippen LogP contribution in [-0.4, -0.2) is 45.7 Å². The van der Waals surface area contributed by atoms with E-state index in [1.165, 1.54) is 0 Å². The van der Waals surface area contributed by atoms with Gasteiger partial charge in [-0.1, -0.05) is 0 Å². The number of benzene rings is 1. The third kappa shape index (κ3) is 4.14. The molecule has 2 rings (SSSR count). The molecular formula is C15H22N2O4S. The van der Waals surface area contributed by atoms with Gasteiger partial charge in [0.15, 0.2) is 16.6 Å². The lowest BCUT2D eigenvalue weighted by molar-refractivity contribution is 0.114. The van der Waals surface area contributed by atoms with Crippen LogP contribution in [-0.2, 0) is 4.74 Å². The molecule has 0 spiro atoms. The quantitative estimate of drug-likeness (QED) is 0.777. The molecular weight excluding hydrogens is 304 g/mol. The van der Waals surface area contributed by atoms with Gasteiger partial charge < -0.3 is 29.6 Å². The minimum absolute atomic E-state index is 0.236. The zero-order chi connectivity index (χ0) is 15.9. The summed E-state index contributed by atoms with van der Waals surface area (Å²) in [5.41, 5.74) is 0.763. The van der Waals surface area contributed by atoms with Gasteiger partial charge in [-0.25, -0.2) is 0 Å². The molecule has 2 N–H and O–H groups in total. The Morgan fingerprint density at radius 1 is 1.23 bits per heavy atom. The number of thiocarbonyl (C=S) groups is 1. The van der Waals surface area contributed by atoms with Crippen molar-refractivity contribution in [3.05, 3.63) is 12.1 Å². The number of hydrogen-bond donors (Lipinski definition) is 2. The minimum atomic E-state index is 0.236. The molecule has 0 aliphatic carbocycles. The molecule has 0 unspecified atom stereocenters. The van der Waals surface area contributed by atoms with Crippen molar-refractivity contribution in [1.29, 1.82) is 0 Å². The van der Waals surface area contributed by atoms with Gasteiger partial charge in [0.25, 0.3) is 0 Å². The number of methoxy groups -OCH3 is 3. The summed E-state index contributed by atoms with van der Waals surface area (Å²) < 4.78 is 21.5. The molecule has 1 fully saturated rings. The first-order valence-electron chi connectivity index (χ1n) is 7.14. The van der Waals surface area contributed by atoms with Crippen LogP contribution in [0, 0.1) is 0 Å². The molecule has 1 aromatic carbocycles. The first kappa shape index (κ1) is 16.6. The van der Waals surface area contributed by atoms with E-state index in [0.717, 1.165) is 25.1 Å². The second-order valence-corrected chi connectivity index (χ2v) is 5.29. The van der Waals surface area contributed by atoms with Gasteiger partial charge in [-0.15, -0.1) is 0 Å². The van der Waals surface area contributed by atoms with E-state index in [4.69, 9.17) is 31.2 Å². The molecule has 22 heavy (non-hydrogen) atoms. The molecule has 0 saturated carbocycles. The van der Waals surface area contributed by atoms with Crippen molar-refractivity contribution in [3.8, 4) is 17.2 Å². The summed E-state index contributed by atoms with van der Waals surface area (Å²) in [5.74, 6) is 1.70. The number of rotatable bonds is 6. The fourth-order valence-electron chi connectivity index (χ4n) is 2.34. The summed E-state index contributed by atoms with van der Waals surface area (Å²) in [7, 11) is 4.73. The van der Waals surface area contributed by atoms with Crippen LogP contribution in [0.1, 0.15) is 12.8 Å². The summed E-state index contributed by atoms with van der Waals surface area (Å²) in [6, 6.07) is 3.61. The Bertz CT molecular complexity index is 493. The smallest absolute Gasteiger partial charge is 0.203 e. The third-order valence-corrected chi connectivity index (χ3v) is 3.68. The van der Waals surface area contributed by atoms with Crippen molar-refractivity contribution in [2.24, 2.45) is 0 Å². The van der Waals surface area contributed by atoms with Gasteiger partial charge >= 0.3 is 0 Å². The average Bonchev–Trinajstić information content (AvgIpc) is 3.05. The summed E-state index contributed by atoms with van der Waals surface area (Å²) in [6.45, 7) is 1.54. The molecule has 0 amide bonds. The van der Waals surface area contributed by atoms with Crippen LogP contribution in [0.3, 0.4) is 0 Å². The zero-order valence-corrected chi connectivity index (χ0v) is 13.9. The van der Waals surface area contributed by atoms with Gasteiger partial charge in [0.2, 0.25) is 5.75 Å². The van der Waals surface area contributed by atoms with Gasteiger partial charge in [0, 0.05) is 31.0 Å². The Morgan fingerprint density at radius 2 is 1.91 bits per heavy atom. The predicted octanol–water partition coefficient (Wildman–Crippen LogP) is 2.18. The average molecular weight is 326 g/mol. The van der Waals surface area contributed by atoms with E-state index in [2.05, 4.69) is 10.6 Å². The number of nitrogens with one attached hydrogen (secondary N) is 2. The van der Waals surface area contributed by atoms with E-state index in [0.29, 0.717) is 28.9 Å². The van der Waals surface area contributed by atoms with E-state index in [9.17, 15) is 0 Å². The van der Waals surface area contributed by atoms with Crippen molar-refractivity contribution in [3.63, 3.8) is 0 Å². The fraction of sp³-hybridized carbons (Fsp3) is 0.533. The molecule has 0 aromatic heterocycles. The maximum atomic E-state index is 5.55. The van der Waals surface area contributed by atoms with Gasteiger partial charge in [-0.05, 0) is 25.1 Å². The number of anilines is 1. The normalized spacial score (nSPS) is 17.0.